The molecule has 2 N–H and O–H groups in total. The number of nitrogens with one attached hydrogen (secondary N) is 1. The average Bonchev–Trinajstić information content (AvgIpc) is 2.98. The van der Waals surface area contributed by atoms with E-state index in [0.717, 1.165) is 10.4 Å². The number of aliphatic carboxylic acids is 1. The van der Waals surface area contributed by atoms with Gasteiger partial charge in [-0.25, -0.2) is 9.59 Å². The fourth-order valence-electron chi connectivity index (χ4n) is 1.74. The number of amides is 1. The SMILES string of the molecule is O=C(N[C@H](Cc1cccs1)C(=O)O)OCc1ccccc1. The highest BCUT2D eigenvalue weighted by molar-refractivity contribution is 7.09. The van der Waals surface area contributed by atoms with Crippen LogP contribution in [-0.4, -0.2) is 23.2 Å². The predicted octanol–water partition coefficient (Wildman–Crippen LogP) is 2.67. The fourth-order valence-corrected chi connectivity index (χ4v) is 2.49. The summed E-state index contributed by atoms with van der Waals surface area (Å²) in [6.45, 7) is 0.109. The molecule has 0 aliphatic heterocycles. The first-order valence-electron chi connectivity index (χ1n) is 6.37. The van der Waals surface area contributed by atoms with Gasteiger partial charge in [-0.3, -0.25) is 0 Å². The molecule has 1 aromatic heterocycles. The van der Waals surface area contributed by atoms with Crippen LogP contribution in [0, 0.1) is 0 Å². The molecule has 0 aliphatic carbocycles. The normalized spacial score (nSPS) is 11.6. The van der Waals surface area contributed by atoms with Crippen molar-refractivity contribution in [1.82, 2.24) is 5.32 Å². The smallest absolute Gasteiger partial charge is 0.408 e. The zero-order chi connectivity index (χ0) is 15.1. The van der Waals surface area contributed by atoms with Crippen LogP contribution < -0.4 is 5.32 Å². The molecule has 110 valence electrons. The van der Waals surface area contributed by atoms with E-state index in [1.807, 2.05) is 47.8 Å². The Morgan fingerprint density at radius 2 is 1.95 bits per heavy atom. The van der Waals surface area contributed by atoms with Gasteiger partial charge in [0.05, 0.1) is 0 Å². The number of hydrogen-bond acceptors (Lipinski definition) is 4. The van der Waals surface area contributed by atoms with Crippen LogP contribution in [0.5, 0.6) is 0 Å². The summed E-state index contributed by atoms with van der Waals surface area (Å²) in [6, 6.07) is 11.9. The molecule has 0 spiro atoms. The molecule has 0 radical (unpaired) electrons. The molecule has 1 amide bonds. The van der Waals surface area contributed by atoms with Crippen molar-refractivity contribution in [2.45, 2.75) is 19.1 Å². The summed E-state index contributed by atoms with van der Waals surface area (Å²) in [4.78, 5) is 23.7. The molecule has 0 saturated carbocycles. The largest absolute Gasteiger partial charge is 0.480 e. The van der Waals surface area contributed by atoms with E-state index in [9.17, 15) is 9.59 Å². The van der Waals surface area contributed by atoms with E-state index in [1.165, 1.54) is 11.3 Å². The molecule has 0 aliphatic rings. The topological polar surface area (TPSA) is 75.6 Å². The minimum atomic E-state index is -1.08. The van der Waals surface area contributed by atoms with Gasteiger partial charge in [0, 0.05) is 11.3 Å². The third kappa shape index (κ3) is 4.92. The third-order valence-electron chi connectivity index (χ3n) is 2.79. The molecule has 2 rings (SSSR count). The Hall–Kier alpha value is -2.34. The minimum Gasteiger partial charge on any atom is -0.480 e. The Labute approximate surface area is 126 Å². The number of carboxylic acid groups (broad SMARTS) is 1. The van der Waals surface area contributed by atoms with Crippen LogP contribution in [0.1, 0.15) is 10.4 Å². The van der Waals surface area contributed by atoms with E-state index in [4.69, 9.17) is 9.84 Å². The molecular formula is C15H15NO4S. The molecule has 1 heterocycles. The lowest BCUT2D eigenvalue weighted by molar-refractivity contribution is -0.139. The van der Waals surface area contributed by atoms with Gasteiger partial charge >= 0.3 is 12.1 Å². The standard InChI is InChI=1S/C15H15NO4S/c17-14(18)13(9-12-7-4-8-21-12)16-15(19)20-10-11-5-2-1-3-6-11/h1-8,13H,9-10H2,(H,16,19)(H,17,18)/t13-/m1/s1. The molecule has 6 heteroatoms. The van der Waals surface area contributed by atoms with Crippen molar-refractivity contribution < 1.29 is 19.4 Å². The first-order chi connectivity index (χ1) is 10.1. The molecule has 0 bridgehead atoms. The van der Waals surface area contributed by atoms with Crippen LogP contribution >= 0.6 is 11.3 Å². The number of carbonyl (C=O) groups is 2. The Balaban J connectivity index is 1.85. The van der Waals surface area contributed by atoms with Crippen molar-refractivity contribution in [2.24, 2.45) is 0 Å². The Morgan fingerprint density at radius 3 is 2.57 bits per heavy atom. The van der Waals surface area contributed by atoms with Crippen molar-refractivity contribution in [2.75, 3.05) is 0 Å². The second kappa shape index (κ2) is 7.44. The Morgan fingerprint density at radius 1 is 1.19 bits per heavy atom. The minimum absolute atomic E-state index is 0.109. The monoisotopic (exact) mass is 305 g/mol. The van der Waals surface area contributed by atoms with Gasteiger partial charge in [-0.15, -0.1) is 11.3 Å². The highest BCUT2D eigenvalue weighted by atomic mass is 32.1. The Bertz CT molecular complexity index is 583. The summed E-state index contributed by atoms with van der Waals surface area (Å²) in [5.74, 6) is -1.08. The van der Waals surface area contributed by atoms with E-state index in [1.54, 1.807) is 0 Å². The van der Waals surface area contributed by atoms with E-state index in [2.05, 4.69) is 5.32 Å². The van der Waals surface area contributed by atoms with Gasteiger partial charge in [0.25, 0.3) is 0 Å². The van der Waals surface area contributed by atoms with Crippen LogP contribution in [-0.2, 0) is 22.6 Å². The molecule has 21 heavy (non-hydrogen) atoms. The number of thiophene rings is 1. The average molecular weight is 305 g/mol. The first kappa shape index (κ1) is 15.1. The van der Waals surface area contributed by atoms with Crippen LogP contribution in [0.4, 0.5) is 4.79 Å². The maximum absolute atomic E-state index is 11.7. The number of carbonyl (C=O) groups excluding carboxylic acids is 1. The number of benzene rings is 1. The van der Waals surface area contributed by atoms with Gasteiger partial charge in [-0.2, -0.15) is 0 Å². The molecule has 2 aromatic rings. The first-order valence-corrected chi connectivity index (χ1v) is 7.25. The molecule has 1 aromatic carbocycles. The quantitative estimate of drug-likeness (QED) is 0.860. The van der Waals surface area contributed by atoms with Gasteiger partial charge in [-0.05, 0) is 17.0 Å². The second-order valence-electron chi connectivity index (χ2n) is 4.38. The highest BCUT2D eigenvalue weighted by Crippen LogP contribution is 2.11. The Kier molecular flexibility index (Phi) is 5.34. The van der Waals surface area contributed by atoms with Gasteiger partial charge in [0.2, 0.25) is 0 Å². The van der Waals surface area contributed by atoms with Crippen LogP contribution in [0.25, 0.3) is 0 Å². The summed E-state index contributed by atoms with van der Waals surface area (Å²) >= 11 is 1.45. The van der Waals surface area contributed by atoms with Gasteiger partial charge < -0.3 is 15.2 Å². The van der Waals surface area contributed by atoms with E-state index < -0.39 is 18.1 Å². The molecule has 5 nitrogen and oxygen atoms in total. The number of alkyl carbamates (subject to hydrolysis) is 1. The summed E-state index contributed by atoms with van der Waals surface area (Å²) in [6.07, 6.45) is -0.490. The summed E-state index contributed by atoms with van der Waals surface area (Å²) in [7, 11) is 0. The zero-order valence-electron chi connectivity index (χ0n) is 11.2. The molecule has 0 unspecified atom stereocenters. The summed E-state index contributed by atoms with van der Waals surface area (Å²) in [5, 5.41) is 13.4. The molecular weight excluding hydrogens is 290 g/mol. The predicted molar refractivity (Wildman–Crippen MR) is 79.2 cm³/mol. The van der Waals surface area contributed by atoms with Crippen molar-refractivity contribution in [3.05, 3.63) is 58.3 Å². The highest BCUT2D eigenvalue weighted by Gasteiger charge is 2.21. The van der Waals surface area contributed by atoms with Crippen molar-refractivity contribution >= 4 is 23.4 Å². The van der Waals surface area contributed by atoms with Gasteiger partial charge in [-0.1, -0.05) is 36.4 Å². The number of carboxylic acids is 1. The number of hydrogen-bond donors (Lipinski definition) is 2. The number of ether oxygens (including phenoxy) is 1. The maximum atomic E-state index is 11.7. The van der Waals surface area contributed by atoms with Gasteiger partial charge in [0.15, 0.2) is 0 Å². The summed E-state index contributed by atoms with van der Waals surface area (Å²) < 4.78 is 5.02. The lowest BCUT2D eigenvalue weighted by atomic mass is 10.2. The maximum Gasteiger partial charge on any atom is 0.408 e. The van der Waals surface area contributed by atoms with Gasteiger partial charge in [0.1, 0.15) is 12.6 Å². The summed E-state index contributed by atoms with van der Waals surface area (Å²) in [5.41, 5.74) is 0.845. The zero-order valence-corrected chi connectivity index (χ0v) is 12.0. The molecule has 1 atom stereocenters. The second-order valence-corrected chi connectivity index (χ2v) is 5.41. The van der Waals surface area contributed by atoms with Crippen LogP contribution in [0.2, 0.25) is 0 Å². The number of rotatable bonds is 6. The van der Waals surface area contributed by atoms with E-state index in [-0.39, 0.29) is 13.0 Å². The van der Waals surface area contributed by atoms with Crippen LogP contribution in [0.3, 0.4) is 0 Å². The van der Waals surface area contributed by atoms with Crippen molar-refractivity contribution in [3.8, 4) is 0 Å². The lowest BCUT2D eigenvalue weighted by Gasteiger charge is -2.13. The fraction of sp³-hybridized carbons (Fsp3) is 0.200. The van der Waals surface area contributed by atoms with E-state index in [0.29, 0.717) is 0 Å². The van der Waals surface area contributed by atoms with Crippen LogP contribution in [0.15, 0.2) is 47.8 Å². The molecule has 0 fully saturated rings. The van der Waals surface area contributed by atoms with E-state index >= 15 is 0 Å². The lowest BCUT2D eigenvalue weighted by Crippen LogP contribution is -2.42. The van der Waals surface area contributed by atoms with Crippen molar-refractivity contribution in [1.29, 1.82) is 0 Å². The third-order valence-corrected chi connectivity index (χ3v) is 3.69. The molecule has 0 saturated heterocycles. The van der Waals surface area contributed by atoms with Crippen molar-refractivity contribution in [3.63, 3.8) is 0 Å².